The molecule has 9 atom stereocenters. The molecular weight excluding hydrogens is 627 g/mol. The molecule has 2 aliphatic rings. The summed E-state index contributed by atoms with van der Waals surface area (Å²) in [5.74, 6) is -1.05. The van der Waals surface area contributed by atoms with Crippen molar-refractivity contribution in [2.24, 2.45) is 23.3 Å². The third kappa shape index (κ3) is 8.03. The summed E-state index contributed by atoms with van der Waals surface area (Å²) in [7, 11) is -2.66. The normalized spacial score (nSPS) is 29.3. The van der Waals surface area contributed by atoms with Crippen LogP contribution in [0.4, 0.5) is 0 Å². The molecule has 0 amide bonds. The van der Waals surface area contributed by atoms with E-state index in [0.29, 0.717) is 25.9 Å². The maximum atomic E-state index is 13.6. The molecule has 46 heavy (non-hydrogen) atoms. The second kappa shape index (κ2) is 15.4. The van der Waals surface area contributed by atoms with Crippen molar-refractivity contribution in [1.29, 1.82) is 0 Å². The molecule has 4 heterocycles. The van der Waals surface area contributed by atoms with Crippen molar-refractivity contribution in [3.05, 3.63) is 71.9 Å². The minimum atomic E-state index is -4.15. The number of hydrogen-bond donors (Lipinski definition) is 5. The van der Waals surface area contributed by atoms with Crippen molar-refractivity contribution in [3.8, 4) is 0 Å². The fraction of sp³-hybridized carbons (Fsp3) is 0.679. The predicted molar refractivity (Wildman–Crippen MR) is 165 cm³/mol. The Morgan fingerprint density at radius 2 is 1.41 bits per heavy atom. The molecule has 2 aromatic rings. The van der Waals surface area contributed by atoms with Gasteiger partial charge in [0.25, 0.3) is 11.1 Å². The second-order valence-electron chi connectivity index (χ2n) is 11.7. The Bertz CT molecular complexity index is 1620. The molecule has 2 aliphatic heterocycles. The Balaban J connectivity index is 1.51. The molecule has 4 rings (SSSR count). The summed E-state index contributed by atoms with van der Waals surface area (Å²) in [6, 6.07) is 0. The number of ether oxygens (including phenoxy) is 3. The highest BCUT2D eigenvalue weighted by Gasteiger charge is 2.47. The minimum Gasteiger partial charge on any atom is -0.390 e. The number of aryl methyl sites for hydroxylation is 2. The third-order valence-corrected chi connectivity index (χ3v) is 9.50. The first-order valence-electron chi connectivity index (χ1n) is 15.1. The molecule has 2 aromatic heterocycles. The molecule has 17 nitrogen and oxygen atoms in total. The number of aromatic amines is 2. The Morgan fingerprint density at radius 1 is 0.891 bits per heavy atom. The molecule has 7 N–H and O–H groups in total. The van der Waals surface area contributed by atoms with Gasteiger partial charge in [0.05, 0.1) is 42.7 Å². The lowest BCUT2D eigenvalue weighted by atomic mass is 9.95. The maximum Gasteiger partial charge on any atom is 0.328 e. The van der Waals surface area contributed by atoms with Gasteiger partial charge in [0.2, 0.25) is 0 Å². The summed E-state index contributed by atoms with van der Waals surface area (Å²) in [5, 5.41) is 10.9. The standard InChI is InChI=1S/C28H44N6O11P/c1-15-19(13-41-3)43-24(18-12-34(10-6-8-30)28(39)32-26(18)37)23(15)45-46(4,40)42-14-20-21(35)16(2)22(44-20)17-11-33(9-5-7-29)27(38)31-25(17)36/h11-12,15-16,19-24,35H,4-10,13-14,29-30H2,1-3H3,(H,31,36,38)(H,32,37,39)/q-1/t15?,16-,19+,20+,21?,22+,23-,24-,46?/m0/s1. The minimum absolute atomic E-state index is 0.0799. The van der Waals surface area contributed by atoms with E-state index < -0.39 is 85.2 Å². The van der Waals surface area contributed by atoms with Gasteiger partial charge in [0.15, 0.2) is 7.60 Å². The topological polar surface area (TPSA) is 245 Å². The molecule has 2 fully saturated rings. The molecule has 3 unspecified atom stereocenters. The van der Waals surface area contributed by atoms with Gasteiger partial charge < -0.3 is 49.0 Å². The van der Waals surface area contributed by atoms with Crippen molar-refractivity contribution < 1.29 is 32.9 Å². The first-order chi connectivity index (χ1) is 21.8. The van der Waals surface area contributed by atoms with E-state index in [1.54, 1.807) is 13.8 Å². The Labute approximate surface area is 264 Å². The zero-order chi connectivity index (χ0) is 33.8. The maximum absolute atomic E-state index is 13.6. The monoisotopic (exact) mass is 671 g/mol. The van der Waals surface area contributed by atoms with Crippen molar-refractivity contribution in [1.82, 2.24) is 19.1 Å². The number of H-pyrrole nitrogens is 2. The number of methoxy groups -OCH3 is 1. The van der Waals surface area contributed by atoms with Crippen LogP contribution < -0.4 is 34.0 Å². The Morgan fingerprint density at radius 3 is 1.93 bits per heavy atom. The quantitative estimate of drug-likeness (QED) is 0.117. The number of nitrogens with zero attached hydrogens (tertiary/aromatic N) is 2. The van der Waals surface area contributed by atoms with Crippen LogP contribution in [0.15, 0.2) is 31.6 Å². The average molecular weight is 672 g/mol. The lowest BCUT2D eigenvalue weighted by molar-refractivity contribution is -0.0289. The summed E-state index contributed by atoms with van der Waals surface area (Å²) < 4.78 is 45.1. The van der Waals surface area contributed by atoms with E-state index in [1.807, 2.05) is 0 Å². The van der Waals surface area contributed by atoms with Gasteiger partial charge in [-0.05, 0) is 25.9 Å². The van der Waals surface area contributed by atoms with Gasteiger partial charge in [-0.15, -0.1) is 0 Å². The van der Waals surface area contributed by atoms with E-state index in [-0.39, 0.29) is 30.8 Å². The van der Waals surface area contributed by atoms with E-state index in [9.17, 15) is 28.8 Å². The molecule has 258 valence electrons. The van der Waals surface area contributed by atoms with E-state index in [2.05, 4.69) is 16.6 Å². The number of aromatic nitrogens is 4. The zero-order valence-corrected chi connectivity index (χ0v) is 27.1. The number of hydrogen-bond acceptors (Lipinski definition) is 13. The highest BCUT2D eigenvalue weighted by atomic mass is 31.2. The molecule has 0 saturated carbocycles. The van der Waals surface area contributed by atoms with Crippen molar-refractivity contribution in [2.75, 3.05) is 33.4 Å². The lowest BCUT2D eigenvalue weighted by Crippen LogP contribution is -2.35. The van der Waals surface area contributed by atoms with Gasteiger partial charge >= 0.3 is 11.4 Å². The number of aliphatic hydroxyl groups is 1. The van der Waals surface area contributed by atoms with Crippen LogP contribution in [0.25, 0.3) is 0 Å². The molecule has 0 aliphatic carbocycles. The summed E-state index contributed by atoms with van der Waals surface area (Å²) in [5.41, 5.74) is 8.82. The molecule has 0 radical (unpaired) electrons. The van der Waals surface area contributed by atoms with Crippen LogP contribution in [0, 0.1) is 18.5 Å². The van der Waals surface area contributed by atoms with E-state index >= 15 is 0 Å². The Kier molecular flexibility index (Phi) is 12.1. The lowest BCUT2D eigenvalue weighted by Gasteiger charge is -2.30. The van der Waals surface area contributed by atoms with Crippen LogP contribution in [0.3, 0.4) is 0 Å². The van der Waals surface area contributed by atoms with Crippen molar-refractivity contribution in [3.63, 3.8) is 0 Å². The van der Waals surface area contributed by atoms with Crippen molar-refractivity contribution in [2.45, 2.75) is 76.4 Å². The van der Waals surface area contributed by atoms with Crippen LogP contribution in [0.5, 0.6) is 0 Å². The van der Waals surface area contributed by atoms with E-state index in [0.717, 1.165) is 0 Å². The fourth-order valence-electron chi connectivity index (χ4n) is 5.75. The smallest absolute Gasteiger partial charge is 0.328 e. The summed E-state index contributed by atoms with van der Waals surface area (Å²) in [6.07, 6.45) is -1.90. The molecule has 0 aromatic carbocycles. The molecule has 18 heteroatoms. The number of nitrogens with one attached hydrogen (secondary N) is 2. The number of aliphatic hydroxyl groups excluding tert-OH is 1. The first kappa shape index (κ1) is 36.1. The average Bonchev–Trinajstić information content (AvgIpc) is 3.45. The zero-order valence-electron chi connectivity index (χ0n) is 26.2. The molecule has 2 saturated heterocycles. The van der Waals surface area contributed by atoms with Crippen LogP contribution in [-0.4, -0.2) is 82.0 Å². The summed E-state index contributed by atoms with van der Waals surface area (Å²) >= 11 is 0. The largest absolute Gasteiger partial charge is 0.390 e. The van der Waals surface area contributed by atoms with Gasteiger partial charge in [-0.3, -0.25) is 24.1 Å². The summed E-state index contributed by atoms with van der Waals surface area (Å²) in [4.78, 5) is 54.7. The van der Waals surface area contributed by atoms with E-state index in [1.165, 1.54) is 28.6 Å². The van der Waals surface area contributed by atoms with Gasteiger partial charge in [0.1, 0.15) is 18.3 Å². The summed E-state index contributed by atoms with van der Waals surface area (Å²) in [6.45, 7) is 8.04. The highest BCUT2D eigenvalue weighted by molar-refractivity contribution is 7.55. The number of nitrogens with two attached hydrogens (primary N) is 2. The van der Waals surface area contributed by atoms with Crippen LogP contribution in [0.2, 0.25) is 0 Å². The van der Waals surface area contributed by atoms with Crippen LogP contribution in [0.1, 0.15) is 50.0 Å². The highest BCUT2D eigenvalue weighted by Crippen LogP contribution is 2.53. The molecular formula is C28H44N6O11P-. The predicted octanol–water partition coefficient (Wildman–Crippen LogP) is -0.670. The third-order valence-electron chi connectivity index (χ3n) is 8.39. The van der Waals surface area contributed by atoms with Crippen LogP contribution in [-0.2, 0) is 40.9 Å². The fourth-order valence-corrected chi connectivity index (χ4v) is 6.86. The number of rotatable bonds is 15. The van der Waals surface area contributed by atoms with Gasteiger partial charge in [-0.2, -0.15) is 0 Å². The first-order valence-corrected chi connectivity index (χ1v) is 16.9. The van der Waals surface area contributed by atoms with Gasteiger partial charge in [0, 0.05) is 44.4 Å². The van der Waals surface area contributed by atoms with Gasteiger partial charge in [-0.1, -0.05) is 13.8 Å². The van der Waals surface area contributed by atoms with Crippen LogP contribution >= 0.6 is 7.60 Å². The Hall–Kier alpha value is -2.73. The molecule has 0 bridgehead atoms. The van der Waals surface area contributed by atoms with Gasteiger partial charge in [-0.25, -0.2) is 16.3 Å². The SMILES string of the molecule is [CH2-]P(=O)(OC[C@H]1O[C@@H](c2cn(CCCN)c(=O)[nH]c2=O)[C@@H](C)C1O)O[C@H]1C(C)[C@@H](COC)O[C@H]1c1cn(CCCN)c(=O)[nH]c1=O. The molecule has 0 spiro atoms. The van der Waals surface area contributed by atoms with E-state index in [4.69, 9.17) is 34.7 Å². The van der Waals surface area contributed by atoms with Crippen molar-refractivity contribution >= 4 is 7.60 Å². The second-order valence-corrected chi connectivity index (χ2v) is 13.4.